The largest absolute Gasteiger partial charge is 0.507 e. The second kappa shape index (κ2) is 24.6. The van der Waals surface area contributed by atoms with Crippen LogP contribution in [-0.2, 0) is 0 Å². The molecule has 0 spiro atoms. The first kappa shape index (κ1) is 36.4. The molecule has 0 saturated heterocycles. The van der Waals surface area contributed by atoms with Gasteiger partial charge in [0.2, 0.25) is 0 Å². The Bertz CT molecular complexity index is 1000. The average Bonchev–Trinajstić information content (AvgIpc) is 3.01. The van der Waals surface area contributed by atoms with Crippen molar-refractivity contribution in [2.45, 2.75) is 142 Å². The zero-order valence-corrected chi connectivity index (χ0v) is 27.3. The molecule has 5 nitrogen and oxygen atoms in total. The first-order valence-corrected chi connectivity index (χ1v) is 17.4. The second-order valence-corrected chi connectivity index (χ2v) is 11.9. The Labute approximate surface area is 262 Å². The maximum atomic E-state index is 12.6. The van der Waals surface area contributed by atoms with Gasteiger partial charge in [-0.1, -0.05) is 129 Å². The van der Waals surface area contributed by atoms with Gasteiger partial charge in [0.1, 0.15) is 17.2 Å². The summed E-state index contributed by atoms with van der Waals surface area (Å²) in [6.07, 6.45) is 27.6. The van der Waals surface area contributed by atoms with Gasteiger partial charge in [0.05, 0.1) is 12.2 Å². The monoisotopic (exact) mass is 593 g/mol. The van der Waals surface area contributed by atoms with E-state index in [9.17, 15) is 9.90 Å². The molecule has 0 aliphatic heterocycles. The molecule has 0 atom stereocenters. The molecule has 0 aliphatic carbocycles. The molecule has 0 unspecified atom stereocenters. The molecule has 0 radical (unpaired) electrons. The van der Waals surface area contributed by atoms with Gasteiger partial charge in [-0.3, -0.25) is 4.99 Å². The third kappa shape index (κ3) is 17.8. The van der Waals surface area contributed by atoms with Gasteiger partial charge in [0.15, 0.2) is 0 Å². The highest BCUT2D eigenvalue weighted by molar-refractivity contribution is 5.91. The van der Waals surface area contributed by atoms with E-state index in [0.717, 1.165) is 25.1 Å². The summed E-state index contributed by atoms with van der Waals surface area (Å²) >= 11 is 0. The topological polar surface area (TPSA) is 68.1 Å². The summed E-state index contributed by atoms with van der Waals surface area (Å²) in [6, 6.07) is 11.9. The van der Waals surface area contributed by atoms with Gasteiger partial charge in [0.25, 0.3) is 0 Å². The third-order valence-electron chi connectivity index (χ3n) is 7.94. The van der Waals surface area contributed by atoms with Crippen molar-refractivity contribution in [1.29, 1.82) is 0 Å². The number of aromatic hydroxyl groups is 1. The molecule has 0 fully saturated rings. The molecule has 0 saturated carbocycles. The van der Waals surface area contributed by atoms with Crippen molar-refractivity contribution >= 4 is 12.2 Å². The average molecular weight is 594 g/mol. The first-order chi connectivity index (χ1) is 21.1. The summed E-state index contributed by atoms with van der Waals surface area (Å²) in [5, 5.41) is 10.4. The quantitative estimate of drug-likeness (QED) is 0.0510. The Balaban J connectivity index is 1.59. The van der Waals surface area contributed by atoms with Crippen molar-refractivity contribution in [3.8, 4) is 17.2 Å². The molecule has 240 valence electrons. The van der Waals surface area contributed by atoms with Crippen molar-refractivity contribution in [3.63, 3.8) is 0 Å². The SMILES string of the molecule is CCCCCCCCCCCCN=Cc1ccc(OC(=O)c2ccc(OCCCCCCCCCCCC)cc2)cc1O. The number of ether oxygens (including phenoxy) is 2. The lowest BCUT2D eigenvalue weighted by atomic mass is 10.1. The molecule has 0 aromatic heterocycles. The fourth-order valence-corrected chi connectivity index (χ4v) is 5.18. The van der Waals surface area contributed by atoms with Crippen molar-refractivity contribution in [2.24, 2.45) is 4.99 Å². The van der Waals surface area contributed by atoms with Crippen LogP contribution in [0.2, 0.25) is 0 Å². The lowest BCUT2D eigenvalue weighted by molar-refractivity contribution is 0.0734. The predicted octanol–water partition coefficient (Wildman–Crippen LogP) is 11.3. The molecule has 1 N–H and O–H groups in total. The molecular formula is C38H59NO4. The number of carbonyl (C=O) groups excluding carboxylic acids is 1. The minimum atomic E-state index is -0.469. The van der Waals surface area contributed by atoms with Crippen LogP contribution in [0.4, 0.5) is 0 Å². The van der Waals surface area contributed by atoms with Crippen LogP contribution in [0.15, 0.2) is 47.5 Å². The summed E-state index contributed by atoms with van der Waals surface area (Å²) in [5.74, 6) is 0.637. The van der Waals surface area contributed by atoms with E-state index < -0.39 is 5.97 Å². The Hall–Kier alpha value is -2.82. The second-order valence-electron chi connectivity index (χ2n) is 11.9. The van der Waals surface area contributed by atoms with E-state index in [0.29, 0.717) is 23.5 Å². The molecule has 0 bridgehead atoms. The Kier molecular flexibility index (Phi) is 20.8. The van der Waals surface area contributed by atoms with Crippen LogP contribution in [0.1, 0.15) is 158 Å². The highest BCUT2D eigenvalue weighted by Crippen LogP contribution is 2.24. The summed E-state index contributed by atoms with van der Waals surface area (Å²) in [4.78, 5) is 17.1. The van der Waals surface area contributed by atoms with E-state index in [1.807, 2.05) is 0 Å². The molecular weight excluding hydrogens is 534 g/mol. The van der Waals surface area contributed by atoms with Gasteiger partial charge in [-0.05, 0) is 49.2 Å². The number of nitrogens with zero attached hydrogens (tertiary/aromatic N) is 1. The molecule has 2 aromatic rings. The van der Waals surface area contributed by atoms with E-state index >= 15 is 0 Å². The van der Waals surface area contributed by atoms with Crippen molar-refractivity contribution < 1.29 is 19.4 Å². The van der Waals surface area contributed by atoms with Crippen LogP contribution < -0.4 is 9.47 Å². The Morgan fingerprint density at radius 1 is 0.651 bits per heavy atom. The zero-order chi connectivity index (χ0) is 30.8. The van der Waals surface area contributed by atoms with Crippen LogP contribution in [0.5, 0.6) is 17.2 Å². The summed E-state index contributed by atoms with van der Waals surface area (Å²) in [5.41, 5.74) is 1.06. The van der Waals surface area contributed by atoms with Crippen LogP contribution >= 0.6 is 0 Å². The molecule has 2 rings (SSSR count). The minimum Gasteiger partial charge on any atom is -0.507 e. The van der Waals surface area contributed by atoms with E-state index in [-0.39, 0.29) is 5.75 Å². The summed E-state index contributed by atoms with van der Waals surface area (Å²) in [7, 11) is 0. The van der Waals surface area contributed by atoms with Crippen molar-refractivity contribution in [1.82, 2.24) is 0 Å². The van der Waals surface area contributed by atoms with Crippen LogP contribution in [0, 0.1) is 0 Å². The number of phenols is 1. The van der Waals surface area contributed by atoms with Crippen molar-refractivity contribution in [2.75, 3.05) is 13.2 Å². The number of aliphatic imine (C=N–C) groups is 1. The number of rotatable bonds is 26. The smallest absolute Gasteiger partial charge is 0.343 e. The van der Waals surface area contributed by atoms with E-state index in [2.05, 4.69) is 18.8 Å². The minimum absolute atomic E-state index is 0.0489. The molecule has 0 amide bonds. The maximum Gasteiger partial charge on any atom is 0.343 e. The fourth-order valence-electron chi connectivity index (χ4n) is 5.18. The maximum absolute atomic E-state index is 12.6. The first-order valence-electron chi connectivity index (χ1n) is 17.4. The Morgan fingerprint density at radius 2 is 1.14 bits per heavy atom. The lowest BCUT2D eigenvalue weighted by Crippen LogP contribution is -2.08. The highest BCUT2D eigenvalue weighted by Gasteiger charge is 2.10. The summed E-state index contributed by atoms with van der Waals surface area (Å²) < 4.78 is 11.3. The van der Waals surface area contributed by atoms with Gasteiger partial charge in [-0.25, -0.2) is 4.79 Å². The van der Waals surface area contributed by atoms with E-state index in [1.54, 1.807) is 42.6 Å². The highest BCUT2D eigenvalue weighted by atomic mass is 16.5. The zero-order valence-electron chi connectivity index (χ0n) is 27.3. The number of benzene rings is 2. The summed E-state index contributed by atoms with van der Waals surface area (Å²) in [6.45, 7) is 5.96. The van der Waals surface area contributed by atoms with E-state index in [1.165, 1.54) is 122 Å². The van der Waals surface area contributed by atoms with Crippen LogP contribution in [0.3, 0.4) is 0 Å². The number of carbonyl (C=O) groups is 1. The third-order valence-corrected chi connectivity index (χ3v) is 7.94. The standard InChI is InChI=1S/C38H59NO4/c1-3-5-7-9-11-13-15-17-19-21-29-39-32-34-25-28-36(31-37(34)40)43-38(41)33-23-26-35(27-24-33)42-30-22-20-18-16-14-12-10-8-6-4-2/h23-28,31-32,40H,3-22,29-30H2,1-2H3. The van der Waals surface area contributed by atoms with E-state index in [4.69, 9.17) is 9.47 Å². The van der Waals surface area contributed by atoms with Gasteiger partial charge in [0, 0.05) is 24.4 Å². The molecule has 43 heavy (non-hydrogen) atoms. The van der Waals surface area contributed by atoms with Crippen LogP contribution in [0.25, 0.3) is 0 Å². The normalized spacial score (nSPS) is 11.3. The van der Waals surface area contributed by atoms with Gasteiger partial charge in [-0.2, -0.15) is 0 Å². The predicted molar refractivity (Wildman–Crippen MR) is 181 cm³/mol. The number of hydrogen-bond donors (Lipinski definition) is 1. The molecule has 2 aromatic carbocycles. The van der Waals surface area contributed by atoms with Crippen molar-refractivity contribution in [3.05, 3.63) is 53.6 Å². The van der Waals surface area contributed by atoms with Gasteiger partial charge < -0.3 is 14.6 Å². The van der Waals surface area contributed by atoms with Gasteiger partial charge >= 0.3 is 5.97 Å². The number of unbranched alkanes of at least 4 members (excludes halogenated alkanes) is 18. The number of hydrogen-bond acceptors (Lipinski definition) is 5. The molecule has 0 heterocycles. The molecule has 0 aliphatic rings. The number of esters is 1. The Morgan fingerprint density at radius 3 is 1.67 bits per heavy atom. The lowest BCUT2D eigenvalue weighted by Gasteiger charge is -2.08. The van der Waals surface area contributed by atoms with Gasteiger partial charge in [-0.15, -0.1) is 0 Å². The van der Waals surface area contributed by atoms with Crippen LogP contribution in [-0.4, -0.2) is 30.4 Å². The molecule has 5 heteroatoms. The fraction of sp³-hybridized carbons (Fsp3) is 0.632. The number of phenolic OH excluding ortho intramolecular Hbond substituents is 1.